The molecule has 2 aromatic rings. The van der Waals surface area contributed by atoms with Gasteiger partial charge in [0.15, 0.2) is 0 Å². The molecule has 2 N–H and O–H groups in total. The number of imidazole rings is 1. The highest BCUT2D eigenvalue weighted by atomic mass is 16.5. The summed E-state index contributed by atoms with van der Waals surface area (Å²) < 4.78 is 13.8. The van der Waals surface area contributed by atoms with Crippen molar-refractivity contribution in [3.8, 4) is 0 Å². The van der Waals surface area contributed by atoms with Crippen molar-refractivity contribution in [3.63, 3.8) is 0 Å². The number of unbranched alkanes of at least 4 members (excludes halogenated alkanes) is 18. The molecule has 0 amide bonds. The van der Waals surface area contributed by atoms with Crippen molar-refractivity contribution in [3.05, 3.63) is 30.6 Å². The molecule has 2 rings (SSSR count). The molecule has 0 fully saturated rings. The number of aliphatic hydroxyl groups is 2. The molecule has 9 heteroatoms. The van der Waals surface area contributed by atoms with Crippen molar-refractivity contribution in [1.82, 2.24) is 14.5 Å². The normalized spacial score (nSPS) is 13.7. The van der Waals surface area contributed by atoms with E-state index >= 15 is 0 Å². The van der Waals surface area contributed by atoms with Gasteiger partial charge in [-0.1, -0.05) is 168 Å². The Bertz CT molecular complexity index is 1290. The number of para-hydroxylation sites is 2. The van der Waals surface area contributed by atoms with E-state index < -0.39 is 12.2 Å². The van der Waals surface area contributed by atoms with Gasteiger partial charge >= 0.3 is 11.9 Å². The quantitative estimate of drug-likeness (QED) is 0.0500. The van der Waals surface area contributed by atoms with Gasteiger partial charge in [-0.25, -0.2) is 4.98 Å². The number of fused-ring (bicyclic) bond motifs is 1. The third-order valence-corrected chi connectivity index (χ3v) is 12.8. The molecule has 0 bridgehead atoms. The Balaban J connectivity index is 1.83. The lowest BCUT2D eigenvalue weighted by Gasteiger charge is -2.27. The second-order valence-electron chi connectivity index (χ2n) is 18.5. The minimum Gasteiger partial charge on any atom is -0.465 e. The number of esters is 2. The number of carbonyl (C=O) groups is 2. The van der Waals surface area contributed by atoms with Crippen LogP contribution >= 0.6 is 0 Å². The van der Waals surface area contributed by atoms with E-state index in [1.807, 2.05) is 24.5 Å². The lowest BCUT2D eigenvalue weighted by atomic mass is 9.94. The van der Waals surface area contributed by atoms with Crippen LogP contribution in [-0.4, -0.2) is 81.7 Å². The highest BCUT2D eigenvalue weighted by Crippen LogP contribution is 2.23. The molecule has 0 spiro atoms. The predicted octanol–water partition coefficient (Wildman–Crippen LogP) is 13.2. The zero-order valence-electron chi connectivity index (χ0n) is 40.5. The number of ether oxygens (including phenoxy) is 2. The molecule has 4 atom stereocenters. The molecule has 9 nitrogen and oxygen atoms in total. The van der Waals surface area contributed by atoms with E-state index in [4.69, 9.17) is 9.47 Å². The molecule has 1 aromatic carbocycles. The molecule has 62 heavy (non-hydrogen) atoms. The molecular formula is C53H95N3O6. The van der Waals surface area contributed by atoms with Crippen LogP contribution in [0.2, 0.25) is 0 Å². The third kappa shape index (κ3) is 27.0. The summed E-state index contributed by atoms with van der Waals surface area (Å²) in [7, 11) is 0. The predicted molar refractivity (Wildman–Crippen MR) is 258 cm³/mol. The highest BCUT2D eigenvalue weighted by molar-refractivity contribution is 5.75. The van der Waals surface area contributed by atoms with Crippen LogP contribution in [-0.2, 0) is 25.6 Å². The van der Waals surface area contributed by atoms with E-state index in [2.05, 4.69) is 48.2 Å². The summed E-state index contributed by atoms with van der Waals surface area (Å²) in [6.45, 7) is 12.0. The average molecular weight is 870 g/mol. The number of rotatable bonds is 43. The number of carbonyl (C=O) groups excluding carboxylic acids is 2. The summed E-state index contributed by atoms with van der Waals surface area (Å²) in [5.41, 5.74) is 2.03. The second-order valence-corrected chi connectivity index (χ2v) is 18.5. The molecule has 358 valence electrons. The fourth-order valence-corrected chi connectivity index (χ4v) is 8.76. The van der Waals surface area contributed by atoms with Gasteiger partial charge in [0.2, 0.25) is 0 Å². The summed E-state index contributed by atoms with van der Waals surface area (Å²) in [6.07, 6.45) is 32.8. The van der Waals surface area contributed by atoms with Gasteiger partial charge in [0, 0.05) is 26.2 Å². The van der Waals surface area contributed by atoms with E-state index in [-0.39, 0.29) is 23.8 Å². The first-order valence-corrected chi connectivity index (χ1v) is 26.1. The zero-order chi connectivity index (χ0) is 44.9. The summed E-state index contributed by atoms with van der Waals surface area (Å²) in [4.78, 5) is 33.0. The average Bonchev–Trinajstić information content (AvgIpc) is 3.69. The minimum absolute atomic E-state index is 0.00317. The maximum absolute atomic E-state index is 13.1. The molecule has 0 radical (unpaired) electrons. The molecule has 0 aliphatic heterocycles. The maximum atomic E-state index is 13.1. The first kappa shape index (κ1) is 55.6. The van der Waals surface area contributed by atoms with Crippen molar-refractivity contribution in [2.45, 2.75) is 239 Å². The summed E-state index contributed by atoms with van der Waals surface area (Å²) in [5.74, 6) is -0.0650. The van der Waals surface area contributed by atoms with Gasteiger partial charge in [0.25, 0.3) is 0 Å². The zero-order valence-corrected chi connectivity index (χ0v) is 40.5. The van der Waals surface area contributed by atoms with Crippen LogP contribution in [0.15, 0.2) is 30.6 Å². The van der Waals surface area contributed by atoms with Crippen molar-refractivity contribution in [1.29, 1.82) is 0 Å². The maximum Gasteiger partial charge on any atom is 0.308 e. The first-order valence-electron chi connectivity index (χ1n) is 26.1. The van der Waals surface area contributed by atoms with Gasteiger partial charge in [-0.2, -0.15) is 0 Å². The van der Waals surface area contributed by atoms with Gasteiger partial charge in [-0.05, 0) is 76.3 Å². The number of hydrogen-bond donors (Lipinski definition) is 2. The number of hydrogen-bond acceptors (Lipinski definition) is 8. The summed E-state index contributed by atoms with van der Waals surface area (Å²) >= 11 is 0. The van der Waals surface area contributed by atoms with Crippen LogP contribution in [0.25, 0.3) is 11.0 Å². The lowest BCUT2D eigenvalue weighted by Crippen LogP contribution is -2.40. The van der Waals surface area contributed by atoms with Crippen LogP contribution < -0.4 is 0 Å². The lowest BCUT2D eigenvalue weighted by molar-refractivity contribution is -0.150. The van der Waals surface area contributed by atoms with Gasteiger partial charge in [-0.15, -0.1) is 0 Å². The molecule has 0 aliphatic carbocycles. The van der Waals surface area contributed by atoms with Gasteiger partial charge in [0.05, 0.1) is 54.6 Å². The molecular weight excluding hydrogens is 775 g/mol. The smallest absolute Gasteiger partial charge is 0.308 e. The Morgan fingerprint density at radius 1 is 0.548 bits per heavy atom. The van der Waals surface area contributed by atoms with Crippen LogP contribution in [0.3, 0.4) is 0 Å². The molecule has 0 saturated heterocycles. The van der Waals surface area contributed by atoms with Crippen molar-refractivity contribution in [2.24, 2.45) is 11.8 Å². The van der Waals surface area contributed by atoms with Crippen LogP contribution in [0, 0.1) is 11.8 Å². The summed E-state index contributed by atoms with van der Waals surface area (Å²) in [6, 6.07) is 8.10. The topological polar surface area (TPSA) is 114 Å². The minimum atomic E-state index is -0.554. The summed E-state index contributed by atoms with van der Waals surface area (Å²) in [5, 5.41) is 22.4. The number of aliphatic hydroxyl groups excluding tert-OH is 2. The monoisotopic (exact) mass is 870 g/mol. The molecule has 0 aliphatic rings. The molecule has 0 saturated carbocycles. The number of nitrogens with zero attached hydrogens (tertiary/aromatic N) is 3. The van der Waals surface area contributed by atoms with Crippen molar-refractivity contribution < 1.29 is 29.3 Å². The first-order chi connectivity index (χ1) is 30.3. The van der Waals surface area contributed by atoms with E-state index in [9.17, 15) is 19.8 Å². The fraction of sp³-hybridized carbons (Fsp3) is 0.830. The van der Waals surface area contributed by atoms with E-state index in [0.29, 0.717) is 52.2 Å². The standard InChI is InChI=1S/C53H95N3O6/c1-5-9-13-17-19-23-33-46(31-21-15-11-7-3)52(59)61-41-29-27-35-48(57)43-55(39-40-56-45-54-50-37-25-26-38-51(50)56)44-49(58)36-28-30-42-62-53(60)47(32-22-16-12-8-4)34-24-20-18-14-10-6-2/h25-26,37-38,45-49,57-58H,5-24,27-36,39-44H2,1-4H3. The van der Waals surface area contributed by atoms with E-state index in [1.165, 1.54) is 103 Å². The van der Waals surface area contributed by atoms with Gasteiger partial charge in [0.1, 0.15) is 0 Å². The van der Waals surface area contributed by atoms with E-state index in [0.717, 1.165) is 88.1 Å². The Morgan fingerprint density at radius 3 is 1.39 bits per heavy atom. The van der Waals surface area contributed by atoms with Gasteiger partial charge in [-0.3, -0.25) is 14.5 Å². The SMILES string of the molecule is CCCCCCCCC(CCCCCC)C(=O)OCCCCC(O)CN(CCn1cnc2ccccc21)CC(O)CCCCOC(=O)C(CCCCCC)CCCCCCCC. The van der Waals surface area contributed by atoms with Crippen molar-refractivity contribution >= 4 is 23.0 Å². The Kier molecular flexibility index (Phi) is 34.0. The number of benzene rings is 1. The largest absolute Gasteiger partial charge is 0.465 e. The molecule has 4 unspecified atom stereocenters. The third-order valence-electron chi connectivity index (χ3n) is 12.8. The van der Waals surface area contributed by atoms with E-state index in [1.54, 1.807) is 0 Å². The van der Waals surface area contributed by atoms with Crippen molar-refractivity contribution in [2.75, 3.05) is 32.8 Å². The Morgan fingerprint density at radius 2 is 0.935 bits per heavy atom. The second kappa shape index (κ2) is 37.8. The van der Waals surface area contributed by atoms with Gasteiger partial charge < -0.3 is 24.3 Å². The van der Waals surface area contributed by atoms with Crippen LogP contribution in [0.1, 0.15) is 220 Å². The van der Waals surface area contributed by atoms with Crippen LogP contribution in [0.4, 0.5) is 0 Å². The highest BCUT2D eigenvalue weighted by Gasteiger charge is 2.22. The fourth-order valence-electron chi connectivity index (χ4n) is 8.76. The van der Waals surface area contributed by atoms with Crippen LogP contribution in [0.5, 0.6) is 0 Å². The number of aromatic nitrogens is 2. The Hall–Kier alpha value is -2.49. The molecule has 1 aromatic heterocycles. The molecule has 1 heterocycles. The Labute approximate surface area is 379 Å².